The summed E-state index contributed by atoms with van der Waals surface area (Å²) in [4.78, 5) is 0. The lowest BCUT2D eigenvalue weighted by Crippen LogP contribution is -2.45. The van der Waals surface area contributed by atoms with E-state index in [9.17, 15) is 6.48 Å². The third-order valence-electron chi connectivity index (χ3n) is 3.89. The second kappa shape index (κ2) is 6.22. The lowest BCUT2D eigenvalue weighted by atomic mass is 9.68. The average Bonchev–Trinajstić information content (AvgIpc) is 2.75. The predicted octanol–water partition coefficient (Wildman–Crippen LogP) is 5.74. The molecule has 1 aliphatic heterocycles. The quantitative estimate of drug-likeness (QED) is 0.563. The van der Waals surface area contributed by atoms with Gasteiger partial charge < -0.3 is 9.84 Å². The molecule has 1 aliphatic carbocycles. The molecule has 0 spiro atoms. The van der Waals surface area contributed by atoms with E-state index in [1.807, 2.05) is 6.92 Å². The Bertz CT molecular complexity index is 1210. The van der Waals surface area contributed by atoms with E-state index in [0.717, 1.165) is 6.42 Å². The van der Waals surface area contributed by atoms with Gasteiger partial charge in [0.1, 0.15) is 17.1 Å². The van der Waals surface area contributed by atoms with Crippen molar-refractivity contribution in [3.63, 3.8) is 0 Å². The second-order valence-corrected chi connectivity index (χ2v) is 5.68. The van der Waals surface area contributed by atoms with Crippen LogP contribution in [0.5, 0.6) is 11.5 Å². The maximum Gasteiger partial charge on any atom is 0.127 e. The summed E-state index contributed by atoms with van der Waals surface area (Å²) in [6.45, 7) is -9.52. The summed E-state index contributed by atoms with van der Waals surface area (Å²) in [6, 6.07) is -2.78. The minimum absolute atomic E-state index is 0.00833. The van der Waals surface area contributed by atoms with Crippen molar-refractivity contribution >= 4 is 0 Å². The average molecular weight is 332 g/mol. The lowest BCUT2D eigenvalue weighted by molar-refractivity contribution is 0.0107. The van der Waals surface area contributed by atoms with Gasteiger partial charge in [-0.15, -0.1) is 0 Å². The maximum atomic E-state index is 11.2. The fraction of sp³-hybridized carbons (Fsp3) is 0.619. The van der Waals surface area contributed by atoms with Crippen LogP contribution in [0, 0.1) is 5.89 Å². The van der Waals surface area contributed by atoms with Crippen molar-refractivity contribution in [2.24, 2.45) is 5.89 Å². The number of benzene rings is 1. The zero-order valence-electron chi connectivity index (χ0n) is 29.8. The molecule has 2 aliphatic rings. The van der Waals surface area contributed by atoms with Crippen molar-refractivity contribution in [3.8, 4) is 11.5 Å². The van der Waals surface area contributed by atoms with Crippen LogP contribution in [0.25, 0.3) is 0 Å². The molecule has 2 heteroatoms. The molecule has 0 fully saturated rings. The first-order chi connectivity index (χ1) is 17.8. The van der Waals surface area contributed by atoms with E-state index in [-0.39, 0.29) is 12.0 Å². The molecule has 1 aromatic rings. The Hall–Kier alpha value is -1.44. The third-order valence-corrected chi connectivity index (χ3v) is 3.89. The fourth-order valence-corrected chi connectivity index (χ4v) is 2.75. The molecular formula is C21H30O2. The molecule has 23 heavy (non-hydrogen) atoms. The highest BCUT2D eigenvalue weighted by molar-refractivity contribution is 5.53. The van der Waals surface area contributed by atoms with E-state index in [1.165, 1.54) is 0 Å². The predicted molar refractivity (Wildman–Crippen MR) is 95.3 cm³/mol. The van der Waals surface area contributed by atoms with Crippen molar-refractivity contribution in [2.75, 3.05) is 0 Å². The molecular weight excluding hydrogens is 284 g/mol. The number of phenolic OH excluding ortho intramolecular Hbond substituents is 1. The SMILES string of the molecule is [2H]C1=C(C([2H])([2H])[2H])C([2H])([2H])C([2H])([2H])[C@]2([2H])[C@@H]1c1c(O)c([2H])c(CCCCC)c([2H])c1OC2(C([2H])([2H])[2H])C([2H])([2H])[2H]. The molecule has 126 valence electrons. The normalized spacial score (nSPS) is 45.6. The van der Waals surface area contributed by atoms with Crippen molar-refractivity contribution in [1.29, 1.82) is 0 Å². The van der Waals surface area contributed by atoms with Crippen molar-refractivity contribution in [2.45, 2.75) is 77.4 Å². The molecule has 0 bridgehead atoms. The van der Waals surface area contributed by atoms with Crippen LogP contribution in [-0.4, -0.2) is 10.7 Å². The van der Waals surface area contributed by atoms with E-state index in [1.54, 1.807) is 0 Å². The van der Waals surface area contributed by atoms with Crippen LogP contribution in [0.3, 0.4) is 0 Å². The molecule has 0 unspecified atom stereocenters. The van der Waals surface area contributed by atoms with Gasteiger partial charge in [-0.1, -0.05) is 31.4 Å². The Morgan fingerprint density at radius 1 is 1.48 bits per heavy atom. The highest BCUT2D eigenvalue weighted by atomic mass is 16.5. The Balaban J connectivity index is 2.70. The minimum atomic E-state index is -3.99. The molecule has 1 aromatic carbocycles. The Morgan fingerprint density at radius 3 is 3.09 bits per heavy atom. The van der Waals surface area contributed by atoms with Crippen molar-refractivity contribution < 1.29 is 33.1 Å². The smallest absolute Gasteiger partial charge is 0.127 e. The number of phenols is 1. The molecule has 2 nitrogen and oxygen atoms in total. The molecule has 1 heterocycles. The highest BCUT2D eigenvalue weighted by Crippen LogP contribution is 2.53. The number of aromatic hydroxyl groups is 1. The standard InChI is InChI=1S/C21H30O2/c1-5-6-7-8-15-12-18(22)20-16-11-14(2)9-10-17(16)21(3,4)23-19(20)13-15/h11-13,16-17,22H,5-10H2,1-4H3/t16-,17-/m1/s1/i2D3,3D3,4D3,9D2,10D2,11D,12D,13D,17D. The number of fused-ring (bicyclic) bond motifs is 3. The molecule has 3 rings (SSSR count). The molecule has 0 radical (unpaired) electrons. The molecule has 0 saturated heterocycles. The lowest BCUT2D eigenvalue weighted by Gasteiger charge is -2.46. The van der Waals surface area contributed by atoms with E-state index < -0.39 is 91.5 Å². The molecule has 0 aromatic heterocycles. The van der Waals surface area contributed by atoms with E-state index in [2.05, 4.69) is 0 Å². The maximum absolute atomic E-state index is 11.2. The van der Waals surface area contributed by atoms with Gasteiger partial charge in [-0.2, -0.15) is 0 Å². The van der Waals surface area contributed by atoms with Crippen LogP contribution in [0.1, 0.15) is 99.8 Å². The zero-order valence-corrected chi connectivity index (χ0v) is 12.8. The Kier molecular flexibility index (Phi) is 1.50. The second-order valence-electron chi connectivity index (χ2n) is 5.68. The molecule has 2 atom stereocenters. The van der Waals surface area contributed by atoms with Gasteiger partial charge in [-0.05, 0) is 63.8 Å². The fourth-order valence-electron chi connectivity index (χ4n) is 2.75. The number of ether oxygens (including phenoxy) is 1. The number of hydrogen-bond acceptors (Lipinski definition) is 2. The van der Waals surface area contributed by atoms with Gasteiger partial charge in [0.25, 0.3) is 0 Å². The van der Waals surface area contributed by atoms with Crippen LogP contribution < -0.4 is 4.74 Å². The van der Waals surface area contributed by atoms with Gasteiger partial charge in [0.05, 0.1) is 4.11 Å². The summed E-state index contributed by atoms with van der Waals surface area (Å²) in [5, 5.41) is 11.2. The summed E-state index contributed by atoms with van der Waals surface area (Å²) in [7, 11) is 0. The number of hydrogen-bond donors (Lipinski definition) is 1. The van der Waals surface area contributed by atoms with Gasteiger partial charge in [-0.25, -0.2) is 0 Å². The van der Waals surface area contributed by atoms with E-state index >= 15 is 0 Å². The first-order valence-corrected chi connectivity index (χ1v) is 7.56. The first kappa shape index (κ1) is 5.54. The van der Waals surface area contributed by atoms with Gasteiger partial charge in [-0.3, -0.25) is 0 Å². The van der Waals surface area contributed by atoms with Crippen molar-refractivity contribution in [3.05, 3.63) is 34.8 Å². The molecule has 0 amide bonds. The minimum Gasteiger partial charge on any atom is -0.507 e. The van der Waals surface area contributed by atoms with Gasteiger partial charge in [0.2, 0.25) is 0 Å². The Labute approximate surface area is 164 Å². The highest BCUT2D eigenvalue weighted by Gasteiger charge is 2.45. The van der Waals surface area contributed by atoms with Crippen LogP contribution in [-0.2, 0) is 6.42 Å². The van der Waals surface area contributed by atoms with Crippen LogP contribution >= 0.6 is 0 Å². The molecule has 0 saturated carbocycles. The third kappa shape index (κ3) is 3.13. The summed E-state index contributed by atoms with van der Waals surface area (Å²) in [6.07, 6.45) is -5.98. The van der Waals surface area contributed by atoms with Crippen LogP contribution in [0.2, 0.25) is 0 Å². The summed E-state index contributed by atoms with van der Waals surface area (Å²) >= 11 is 0. The van der Waals surface area contributed by atoms with Gasteiger partial charge >= 0.3 is 0 Å². The summed E-state index contributed by atoms with van der Waals surface area (Å²) in [5.41, 5.74) is -6.45. The molecule has 1 N–H and O–H groups in total. The summed E-state index contributed by atoms with van der Waals surface area (Å²) < 4.78 is 148. The van der Waals surface area contributed by atoms with Crippen LogP contribution in [0.15, 0.2) is 23.7 Å². The number of rotatable bonds is 4. The number of unbranched alkanes of at least 4 members (excludes halogenated alkanes) is 2. The topological polar surface area (TPSA) is 29.5 Å². The van der Waals surface area contributed by atoms with Gasteiger partial charge in [0, 0.05) is 36.6 Å². The zero-order chi connectivity index (χ0) is 31.2. The first-order valence-electron chi connectivity index (χ1n) is 16.1. The van der Waals surface area contributed by atoms with E-state index in [0.29, 0.717) is 12.8 Å². The van der Waals surface area contributed by atoms with E-state index in [4.69, 9.17) is 26.7 Å². The van der Waals surface area contributed by atoms with Gasteiger partial charge in [0.15, 0.2) is 0 Å². The Morgan fingerprint density at radius 2 is 2.35 bits per heavy atom. The monoisotopic (exact) mass is 331 g/mol. The number of allylic oxidation sites excluding steroid dienone is 2. The van der Waals surface area contributed by atoms with Crippen LogP contribution in [0.4, 0.5) is 0 Å². The van der Waals surface area contributed by atoms with Crippen molar-refractivity contribution in [1.82, 2.24) is 0 Å². The summed E-state index contributed by atoms with van der Waals surface area (Å²) in [5.74, 6) is -8.42. The largest absolute Gasteiger partial charge is 0.507 e.